The molecular formula is C15H18FN3O3S. The summed E-state index contributed by atoms with van der Waals surface area (Å²) < 4.78 is 41.2. The third kappa shape index (κ3) is 5.17. The summed E-state index contributed by atoms with van der Waals surface area (Å²) in [6.07, 6.45) is 2.71. The number of benzene rings is 1. The van der Waals surface area contributed by atoms with Gasteiger partial charge in [0.15, 0.2) is 0 Å². The average molecular weight is 339 g/mol. The van der Waals surface area contributed by atoms with Gasteiger partial charge in [-0.05, 0) is 31.2 Å². The van der Waals surface area contributed by atoms with Crippen molar-refractivity contribution in [3.8, 4) is 11.6 Å². The second-order valence-electron chi connectivity index (χ2n) is 5.30. The first-order valence-corrected chi connectivity index (χ1v) is 8.98. The molecule has 2 aromatic rings. The van der Waals surface area contributed by atoms with Gasteiger partial charge in [-0.2, -0.15) is 4.98 Å². The Morgan fingerprint density at radius 3 is 2.52 bits per heavy atom. The molecule has 2 rings (SSSR count). The number of hydrogen-bond donors (Lipinski definition) is 0. The lowest BCUT2D eigenvalue weighted by molar-refractivity contribution is 0.459. The molecule has 8 heteroatoms. The number of hydrogen-bond acceptors (Lipinski definition) is 6. The van der Waals surface area contributed by atoms with Crippen LogP contribution in [0.4, 0.5) is 10.3 Å². The van der Waals surface area contributed by atoms with Crippen molar-refractivity contribution in [2.45, 2.75) is 13.0 Å². The first kappa shape index (κ1) is 17.1. The molecule has 0 aliphatic carbocycles. The quantitative estimate of drug-likeness (QED) is 0.804. The van der Waals surface area contributed by atoms with Gasteiger partial charge in [-0.3, -0.25) is 0 Å². The molecule has 0 N–H and O–H groups in total. The van der Waals surface area contributed by atoms with E-state index < -0.39 is 9.84 Å². The molecule has 0 aliphatic rings. The molecule has 1 aromatic heterocycles. The van der Waals surface area contributed by atoms with Crippen LogP contribution >= 0.6 is 0 Å². The Balaban J connectivity index is 2.14. The van der Waals surface area contributed by atoms with E-state index in [2.05, 4.69) is 9.97 Å². The summed E-state index contributed by atoms with van der Waals surface area (Å²) in [5.41, 5.74) is 0. The summed E-state index contributed by atoms with van der Waals surface area (Å²) in [5.74, 6) is 0.731. The van der Waals surface area contributed by atoms with Crippen molar-refractivity contribution in [3.63, 3.8) is 0 Å². The van der Waals surface area contributed by atoms with Crippen molar-refractivity contribution in [2.24, 2.45) is 0 Å². The number of sulfone groups is 1. The maximum absolute atomic E-state index is 12.9. The van der Waals surface area contributed by atoms with Crippen molar-refractivity contribution < 1.29 is 17.5 Å². The lowest BCUT2D eigenvalue weighted by Gasteiger charge is -2.24. The Morgan fingerprint density at radius 1 is 1.26 bits per heavy atom. The molecule has 1 atom stereocenters. The van der Waals surface area contributed by atoms with Gasteiger partial charge in [0, 0.05) is 31.6 Å². The lowest BCUT2D eigenvalue weighted by Crippen LogP contribution is -2.35. The fraction of sp³-hybridized carbons (Fsp3) is 0.333. The van der Waals surface area contributed by atoms with E-state index in [9.17, 15) is 12.8 Å². The highest BCUT2D eigenvalue weighted by Gasteiger charge is 2.18. The van der Waals surface area contributed by atoms with E-state index in [-0.39, 0.29) is 17.6 Å². The number of halogens is 1. The lowest BCUT2D eigenvalue weighted by atomic mass is 10.3. The second-order valence-corrected chi connectivity index (χ2v) is 7.49. The molecule has 0 amide bonds. The Hall–Kier alpha value is -2.22. The van der Waals surface area contributed by atoms with Crippen molar-refractivity contribution in [2.75, 3.05) is 24.0 Å². The first-order chi connectivity index (χ1) is 10.7. The Bertz CT molecular complexity index is 766. The van der Waals surface area contributed by atoms with Crippen molar-refractivity contribution >= 4 is 15.8 Å². The minimum absolute atomic E-state index is 0.00406. The molecule has 0 bridgehead atoms. The number of aromatic nitrogens is 2. The second kappa shape index (κ2) is 6.91. The van der Waals surface area contributed by atoms with Gasteiger partial charge < -0.3 is 9.64 Å². The zero-order valence-electron chi connectivity index (χ0n) is 13.1. The molecule has 1 heterocycles. The molecule has 0 unspecified atom stereocenters. The first-order valence-electron chi connectivity index (χ1n) is 6.91. The van der Waals surface area contributed by atoms with Gasteiger partial charge in [-0.15, -0.1) is 0 Å². The van der Waals surface area contributed by atoms with Gasteiger partial charge in [0.2, 0.25) is 11.8 Å². The van der Waals surface area contributed by atoms with Crippen molar-refractivity contribution in [1.82, 2.24) is 9.97 Å². The smallest absolute Gasteiger partial charge is 0.228 e. The minimum atomic E-state index is -3.10. The highest BCUT2D eigenvalue weighted by molar-refractivity contribution is 7.90. The predicted octanol–water partition coefficient (Wildman–Crippen LogP) is 2.28. The van der Waals surface area contributed by atoms with Crippen molar-refractivity contribution in [3.05, 3.63) is 42.3 Å². The number of nitrogens with zero attached hydrogens (tertiary/aromatic N) is 3. The van der Waals surface area contributed by atoms with Crippen LogP contribution in [0.3, 0.4) is 0 Å². The monoisotopic (exact) mass is 339 g/mol. The SMILES string of the molecule is C[C@@H](CS(C)(=O)=O)N(C)c1nccc(Oc2ccc(F)cc2)n1. The summed E-state index contributed by atoms with van der Waals surface area (Å²) in [6, 6.07) is 6.85. The van der Waals surface area contributed by atoms with E-state index in [0.717, 1.165) is 0 Å². The molecule has 0 saturated heterocycles. The number of rotatable bonds is 6. The minimum Gasteiger partial charge on any atom is -0.439 e. The maximum Gasteiger partial charge on any atom is 0.228 e. The Kier molecular flexibility index (Phi) is 5.15. The number of anilines is 1. The van der Waals surface area contributed by atoms with E-state index in [4.69, 9.17) is 4.74 Å². The molecule has 0 fully saturated rings. The molecule has 0 radical (unpaired) electrons. The maximum atomic E-state index is 12.9. The van der Waals surface area contributed by atoms with Crippen LogP contribution in [0.2, 0.25) is 0 Å². The van der Waals surface area contributed by atoms with E-state index in [0.29, 0.717) is 17.6 Å². The summed E-state index contributed by atoms with van der Waals surface area (Å²) in [6.45, 7) is 1.78. The van der Waals surface area contributed by atoms with Crippen LogP contribution in [0.1, 0.15) is 6.92 Å². The van der Waals surface area contributed by atoms with Crippen LogP contribution in [0.25, 0.3) is 0 Å². The zero-order chi connectivity index (χ0) is 17.0. The normalized spacial score (nSPS) is 12.7. The fourth-order valence-electron chi connectivity index (χ4n) is 1.93. The van der Waals surface area contributed by atoms with E-state index >= 15 is 0 Å². The number of ether oxygens (including phenoxy) is 1. The van der Waals surface area contributed by atoms with Gasteiger partial charge in [0.1, 0.15) is 21.4 Å². The van der Waals surface area contributed by atoms with Gasteiger partial charge in [-0.25, -0.2) is 17.8 Å². The van der Waals surface area contributed by atoms with Crippen LogP contribution < -0.4 is 9.64 Å². The molecule has 0 saturated carbocycles. The Labute approximate surface area is 134 Å². The van der Waals surface area contributed by atoms with Gasteiger partial charge in [0.25, 0.3) is 0 Å². The molecule has 0 spiro atoms. The van der Waals surface area contributed by atoms with Crippen LogP contribution in [0, 0.1) is 5.82 Å². The molecule has 124 valence electrons. The third-order valence-electron chi connectivity index (χ3n) is 3.17. The molecule has 1 aromatic carbocycles. The molecular weight excluding hydrogens is 321 g/mol. The van der Waals surface area contributed by atoms with E-state index in [1.807, 2.05) is 0 Å². The van der Waals surface area contributed by atoms with E-state index in [1.165, 1.54) is 36.7 Å². The molecule has 6 nitrogen and oxygen atoms in total. The molecule has 23 heavy (non-hydrogen) atoms. The fourth-order valence-corrected chi connectivity index (χ4v) is 3.03. The summed E-state index contributed by atoms with van der Waals surface area (Å²) in [4.78, 5) is 10.0. The Morgan fingerprint density at radius 2 is 1.91 bits per heavy atom. The molecule has 0 aliphatic heterocycles. The van der Waals surface area contributed by atoms with Gasteiger partial charge >= 0.3 is 0 Å². The van der Waals surface area contributed by atoms with Crippen LogP contribution in [-0.2, 0) is 9.84 Å². The van der Waals surface area contributed by atoms with Crippen LogP contribution in [0.15, 0.2) is 36.5 Å². The predicted molar refractivity (Wildman–Crippen MR) is 86.1 cm³/mol. The van der Waals surface area contributed by atoms with Crippen LogP contribution in [0.5, 0.6) is 11.6 Å². The topological polar surface area (TPSA) is 72.4 Å². The summed E-state index contributed by atoms with van der Waals surface area (Å²) in [7, 11) is -1.39. The zero-order valence-corrected chi connectivity index (χ0v) is 13.9. The standard InChI is InChI=1S/C15H18FN3O3S/c1-11(10-23(3,20)21)19(2)15-17-9-8-14(18-15)22-13-6-4-12(16)5-7-13/h4-9,11H,10H2,1-3H3/t11-/m0/s1. The van der Waals surface area contributed by atoms with Gasteiger partial charge in [0.05, 0.1) is 5.75 Å². The summed E-state index contributed by atoms with van der Waals surface area (Å²) >= 11 is 0. The van der Waals surface area contributed by atoms with Crippen LogP contribution in [-0.4, -0.2) is 43.5 Å². The van der Waals surface area contributed by atoms with E-state index in [1.54, 1.807) is 24.9 Å². The average Bonchev–Trinajstić information content (AvgIpc) is 2.47. The largest absolute Gasteiger partial charge is 0.439 e. The highest BCUT2D eigenvalue weighted by Crippen LogP contribution is 2.21. The third-order valence-corrected chi connectivity index (χ3v) is 4.26. The highest BCUT2D eigenvalue weighted by atomic mass is 32.2. The summed E-state index contributed by atoms with van der Waals surface area (Å²) in [5, 5.41) is 0. The van der Waals surface area contributed by atoms with Gasteiger partial charge in [-0.1, -0.05) is 0 Å². The van der Waals surface area contributed by atoms with Crippen molar-refractivity contribution in [1.29, 1.82) is 0 Å².